The summed E-state index contributed by atoms with van der Waals surface area (Å²) in [6.07, 6.45) is 3.30. The normalized spacial score (nSPS) is 15.9. The van der Waals surface area contributed by atoms with Crippen LogP contribution in [0.1, 0.15) is 28.8 Å². The molecule has 2 aromatic rings. The van der Waals surface area contributed by atoms with E-state index < -0.39 is 11.5 Å². The van der Waals surface area contributed by atoms with Crippen molar-refractivity contribution in [2.24, 2.45) is 7.05 Å². The summed E-state index contributed by atoms with van der Waals surface area (Å²) < 4.78 is 6.75. The van der Waals surface area contributed by atoms with E-state index in [-0.39, 0.29) is 23.3 Å². The fourth-order valence-corrected chi connectivity index (χ4v) is 3.63. The van der Waals surface area contributed by atoms with Crippen molar-refractivity contribution in [3.63, 3.8) is 0 Å². The lowest BCUT2D eigenvalue weighted by molar-refractivity contribution is -0.119. The molecule has 0 aliphatic carbocycles. The molecule has 2 N–H and O–H groups in total. The highest BCUT2D eigenvalue weighted by Crippen LogP contribution is 2.14. The summed E-state index contributed by atoms with van der Waals surface area (Å²) in [6, 6.07) is 7.28. The van der Waals surface area contributed by atoms with Gasteiger partial charge in [0.15, 0.2) is 5.16 Å². The summed E-state index contributed by atoms with van der Waals surface area (Å²) in [5.74, 6) is -0.546. The monoisotopic (exact) mass is 416 g/mol. The summed E-state index contributed by atoms with van der Waals surface area (Å²) >= 11 is 1.15. The number of aryl methyl sites for hydroxylation is 1. The van der Waals surface area contributed by atoms with Gasteiger partial charge in [0.2, 0.25) is 5.91 Å². The van der Waals surface area contributed by atoms with Crippen LogP contribution in [0, 0.1) is 6.92 Å². The molecule has 0 unspecified atom stereocenters. The van der Waals surface area contributed by atoms with Gasteiger partial charge in [-0.25, -0.2) is 4.98 Å². The van der Waals surface area contributed by atoms with Crippen LogP contribution in [0.3, 0.4) is 0 Å². The first-order valence-corrected chi connectivity index (χ1v) is 10.4. The number of nitrogens with one attached hydrogen (secondary N) is 2. The second-order valence-corrected chi connectivity index (χ2v) is 7.81. The molecule has 8 nitrogen and oxygen atoms in total. The third-order valence-electron chi connectivity index (χ3n) is 4.56. The Labute approximate surface area is 173 Å². The summed E-state index contributed by atoms with van der Waals surface area (Å²) in [7, 11) is 1.53. The van der Waals surface area contributed by atoms with Crippen LogP contribution < -0.4 is 16.2 Å². The lowest BCUT2D eigenvalue weighted by Crippen LogP contribution is -2.33. The molecule has 0 saturated carbocycles. The van der Waals surface area contributed by atoms with E-state index in [9.17, 15) is 14.4 Å². The number of rotatable bonds is 7. The first-order chi connectivity index (χ1) is 13.9. The highest BCUT2D eigenvalue weighted by molar-refractivity contribution is 7.99. The largest absolute Gasteiger partial charge is 0.376 e. The SMILES string of the molecule is Cc1ccc(NC(=O)c2cnc(SCC(=O)NC[C@H]3CCCO3)n(C)c2=O)cc1. The highest BCUT2D eigenvalue weighted by atomic mass is 32.2. The quantitative estimate of drug-likeness (QED) is 0.526. The van der Waals surface area contributed by atoms with E-state index in [1.54, 1.807) is 12.1 Å². The molecular formula is C20H24N4O4S. The molecule has 0 bridgehead atoms. The van der Waals surface area contributed by atoms with Gasteiger partial charge in [0.25, 0.3) is 11.5 Å². The van der Waals surface area contributed by atoms with Gasteiger partial charge in [-0.05, 0) is 31.9 Å². The zero-order valence-electron chi connectivity index (χ0n) is 16.4. The van der Waals surface area contributed by atoms with Gasteiger partial charge in [0.1, 0.15) is 5.56 Å². The summed E-state index contributed by atoms with van der Waals surface area (Å²) in [5, 5.41) is 5.89. The molecule has 1 saturated heterocycles. The highest BCUT2D eigenvalue weighted by Gasteiger charge is 2.18. The van der Waals surface area contributed by atoms with Crippen molar-refractivity contribution >= 4 is 29.3 Å². The minimum atomic E-state index is -0.521. The lowest BCUT2D eigenvalue weighted by atomic mass is 10.2. The van der Waals surface area contributed by atoms with E-state index in [0.29, 0.717) is 17.4 Å². The van der Waals surface area contributed by atoms with Crippen molar-refractivity contribution in [1.82, 2.24) is 14.9 Å². The van der Waals surface area contributed by atoms with Gasteiger partial charge >= 0.3 is 0 Å². The van der Waals surface area contributed by atoms with Gasteiger partial charge < -0.3 is 15.4 Å². The molecule has 1 atom stereocenters. The number of hydrogen-bond donors (Lipinski definition) is 2. The van der Waals surface area contributed by atoms with Gasteiger partial charge in [-0.3, -0.25) is 19.0 Å². The Kier molecular flexibility index (Phi) is 7.05. The average Bonchev–Trinajstić information content (AvgIpc) is 3.23. The van der Waals surface area contributed by atoms with E-state index in [4.69, 9.17) is 4.74 Å². The number of benzene rings is 1. The van der Waals surface area contributed by atoms with Crippen LogP contribution in [0.5, 0.6) is 0 Å². The molecule has 3 rings (SSSR count). The zero-order chi connectivity index (χ0) is 20.8. The van der Waals surface area contributed by atoms with Gasteiger partial charge in [-0.1, -0.05) is 29.5 Å². The van der Waals surface area contributed by atoms with Gasteiger partial charge in [-0.2, -0.15) is 0 Å². The predicted octanol–water partition coefficient (Wildman–Crippen LogP) is 1.73. The number of thioether (sulfide) groups is 1. The first-order valence-electron chi connectivity index (χ1n) is 9.39. The Bertz CT molecular complexity index is 936. The summed E-state index contributed by atoms with van der Waals surface area (Å²) in [5.41, 5.74) is 1.15. The van der Waals surface area contributed by atoms with Gasteiger partial charge in [0.05, 0.1) is 11.9 Å². The molecule has 0 radical (unpaired) electrons. The molecule has 2 amide bonds. The Morgan fingerprint density at radius 2 is 2.07 bits per heavy atom. The number of hydrogen-bond acceptors (Lipinski definition) is 6. The summed E-state index contributed by atoms with van der Waals surface area (Å²) in [4.78, 5) is 41.2. The van der Waals surface area contributed by atoms with Gasteiger partial charge in [-0.15, -0.1) is 0 Å². The van der Waals surface area contributed by atoms with Crippen LogP contribution in [0.25, 0.3) is 0 Å². The van der Waals surface area contributed by atoms with Crippen LogP contribution in [0.15, 0.2) is 40.4 Å². The van der Waals surface area contributed by atoms with Crippen LogP contribution >= 0.6 is 11.8 Å². The molecule has 2 heterocycles. The molecule has 1 fully saturated rings. The molecule has 1 aromatic carbocycles. The second kappa shape index (κ2) is 9.71. The topological polar surface area (TPSA) is 102 Å². The Morgan fingerprint density at radius 1 is 1.31 bits per heavy atom. The molecule has 1 aromatic heterocycles. The van der Waals surface area contributed by atoms with E-state index >= 15 is 0 Å². The number of nitrogens with zero attached hydrogens (tertiary/aromatic N) is 2. The number of carbonyl (C=O) groups excluding carboxylic acids is 2. The molecule has 1 aliphatic rings. The molecule has 9 heteroatoms. The van der Waals surface area contributed by atoms with Crippen molar-refractivity contribution in [3.05, 3.63) is 51.9 Å². The summed E-state index contributed by atoms with van der Waals surface area (Å²) in [6.45, 7) is 3.18. The number of anilines is 1. The molecule has 0 spiro atoms. The van der Waals surface area contributed by atoms with Crippen LogP contribution in [-0.4, -0.2) is 46.4 Å². The average molecular weight is 417 g/mol. The molecular weight excluding hydrogens is 392 g/mol. The van der Waals surface area contributed by atoms with Crippen LogP contribution in [0.4, 0.5) is 5.69 Å². The standard InChI is InChI=1S/C20H24N4O4S/c1-13-5-7-14(8-6-13)23-18(26)16-11-22-20(24(2)19(16)27)29-12-17(25)21-10-15-4-3-9-28-15/h5-8,11,15H,3-4,9-10,12H2,1-2H3,(H,21,25)(H,23,26)/t15-/m1/s1. The molecule has 1 aliphatic heterocycles. The number of carbonyl (C=O) groups is 2. The van der Waals surface area contributed by atoms with Crippen molar-refractivity contribution in [3.8, 4) is 0 Å². The van der Waals surface area contributed by atoms with Gasteiger partial charge in [0, 0.05) is 32.1 Å². The van der Waals surface area contributed by atoms with Crippen molar-refractivity contribution in [1.29, 1.82) is 0 Å². The first kappa shape index (κ1) is 21.1. The maximum atomic E-state index is 12.6. The van der Waals surface area contributed by atoms with Crippen molar-refractivity contribution in [2.75, 3.05) is 24.2 Å². The maximum Gasteiger partial charge on any atom is 0.266 e. The van der Waals surface area contributed by atoms with Crippen LogP contribution in [-0.2, 0) is 16.6 Å². The Balaban J connectivity index is 1.58. The van der Waals surface area contributed by atoms with E-state index in [2.05, 4.69) is 15.6 Å². The molecule has 29 heavy (non-hydrogen) atoms. The maximum absolute atomic E-state index is 12.6. The third-order valence-corrected chi connectivity index (χ3v) is 5.61. The Morgan fingerprint density at radius 3 is 2.76 bits per heavy atom. The van der Waals surface area contributed by atoms with Crippen molar-refractivity contribution < 1.29 is 14.3 Å². The molecule has 154 valence electrons. The van der Waals surface area contributed by atoms with Crippen LogP contribution in [0.2, 0.25) is 0 Å². The number of aromatic nitrogens is 2. The minimum Gasteiger partial charge on any atom is -0.376 e. The Hall–Kier alpha value is -2.65. The van der Waals surface area contributed by atoms with E-state index in [0.717, 1.165) is 36.8 Å². The minimum absolute atomic E-state index is 0.0553. The smallest absolute Gasteiger partial charge is 0.266 e. The fraction of sp³-hybridized carbons (Fsp3) is 0.400. The fourth-order valence-electron chi connectivity index (χ4n) is 2.87. The van der Waals surface area contributed by atoms with Crippen molar-refractivity contribution in [2.45, 2.75) is 31.0 Å². The third kappa shape index (κ3) is 5.68. The van der Waals surface area contributed by atoms with E-state index in [1.807, 2.05) is 19.1 Å². The second-order valence-electron chi connectivity index (χ2n) is 6.87. The zero-order valence-corrected chi connectivity index (χ0v) is 17.3. The number of ether oxygens (including phenoxy) is 1. The lowest BCUT2D eigenvalue weighted by Gasteiger charge is -2.11. The predicted molar refractivity (Wildman–Crippen MR) is 111 cm³/mol. The number of amides is 2. The van der Waals surface area contributed by atoms with E-state index in [1.165, 1.54) is 17.8 Å².